The summed E-state index contributed by atoms with van der Waals surface area (Å²) >= 11 is 0. The third-order valence-corrected chi connectivity index (χ3v) is 46.0. The predicted molar refractivity (Wildman–Crippen MR) is 463 cm³/mol. The van der Waals surface area contributed by atoms with Crippen LogP contribution in [0, 0.1) is 202 Å². The second-order valence-corrected chi connectivity index (χ2v) is 49.4. The monoisotopic (exact) mass is 1590 g/mol. The summed E-state index contributed by atoms with van der Waals surface area (Å²) < 4.78 is 18.5. The highest BCUT2D eigenvalue weighted by Gasteiger charge is 2.69. The van der Waals surface area contributed by atoms with Gasteiger partial charge in [-0.2, -0.15) is 0 Å². The Bertz CT molecular complexity index is 2970. The smallest absolute Gasteiger partial charge is 0.0612 e. The summed E-state index contributed by atoms with van der Waals surface area (Å²) in [5.74, 6) is 19.1. The van der Waals surface area contributed by atoms with Crippen LogP contribution in [-0.2, 0) is 14.2 Å². The van der Waals surface area contributed by atoms with E-state index >= 15 is 0 Å². The zero-order chi connectivity index (χ0) is 80.6. The molecule has 0 spiro atoms. The normalized spacial score (nSPS) is 59.4. The van der Waals surface area contributed by atoms with E-state index in [4.69, 9.17) is 14.2 Å². The molecule has 10 nitrogen and oxygen atoms in total. The van der Waals surface area contributed by atoms with Gasteiger partial charge >= 0.3 is 0 Å². The maximum Gasteiger partial charge on any atom is 0.0612 e. The lowest BCUT2D eigenvalue weighted by Crippen LogP contribution is -2.59. The molecule has 0 heterocycles. The molecule has 114 heavy (non-hydrogen) atoms. The third kappa shape index (κ3) is 14.2. The topological polar surface area (TPSA) is 169 Å². The van der Waals surface area contributed by atoms with Gasteiger partial charge in [-0.1, -0.05) is 111 Å². The molecule has 0 aromatic carbocycles. The van der Waals surface area contributed by atoms with Gasteiger partial charge in [0.15, 0.2) is 0 Å². The van der Waals surface area contributed by atoms with Crippen molar-refractivity contribution in [3.05, 3.63) is 0 Å². The Morgan fingerprint density at radius 3 is 0.605 bits per heavy atom. The van der Waals surface area contributed by atoms with Crippen molar-refractivity contribution in [3.8, 4) is 0 Å². The Balaban J connectivity index is 0.000000112. The molecule has 20 aliphatic rings. The zero-order valence-corrected chi connectivity index (χ0v) is 75.8. The first-order valence-electron chi connectivity index (χ1n) is 49.8. The molecule has 20 rings (SSSR count). The average Bonchev–Trinajstić information content (AvgIpc) is 1.39. The van der Waals surface area contributed by atoms with Crippen LogP contribution in [0.4, 0.5) is 0 Å². The predicted octanol–water partition coefficient (Wildman–Crippen LogP) is 22.6. The van der Waals surface area contributed by atoms with Crippen molar-refractivity contribution < 1.29 is 50.0 Å². The number of methoxy groups -OCH3 is 3. The fraction of sp³-hybridized carbons (Fsp3) is 1.00. The van der Waals surface area contributed by atoms with E-state index in [0.29, 0.717) is 103 Å². The fourth-order valence-electron chi connectivity index (χ4n) is 38.6. The highest BCUT2D eigenvalue weighted by atomic mass is 16.5. The first-order valence-corrected chi connectivity index (χ1v) is 49.8. The standard InChI is InChI=1S/3C21H36O2.2C20H34O2.CH4/c3*1-13-5-8-17-16-7-6-14-11-15(22)9-10-20(14,2)19(16)18(23-4)12-21(13,17)3;2*1-12-4-7-16-15-6-5-13-10-14(21)8-9-19(13,2)18(15)17(22)11-20(12,16)3;/h3*13-19,22H,5-12H2,1-4H3;2*12-18,21-22H,4-11H2,1-3H3;1H4/t13-,14+,15+,16-,17-,18-,19+,20-,21+;13-,14-,15+,16-,17-,18+,19+,20-,21+;13-,14-,15+,16-,17-,18-,19+,20-,21+;12-,13+,14-,15+,16+,17-,18-,19+,20-;12-,13-,14+,15-,16-,17+,18+,19-,20+;/m00010./s1. The molecule has 10 heteroatoms. The number of aliphatic hydroxyl groups excluding tert-OH is 7. The summed E-state index contributed by atoms with van der Waals surface area (Å²) in [4.78, 5) is 0. The summed E-state index contributed by atoms with van der Waals surface area (Å²) in [6, 6.07) is 0. The molecule has 20 saturated carbocycles. The molecule has 0 saturated heterocycles. The van der Waals surface area contributed by atoms with Gasteiger partial charge in [0.1, 0.15) is 0 Å². The Labute approximate surface area is 698 Å². The van der Waals surface area contributed by atoms with Crippen LogP contribution in [0.1, 0.15) is 368 Å². The van der Waals surface area contributed by atoms with E-state index in [1.807, 2.05) is 21.3 Å². The summed E-state index contributed by atoms with van der Waals surface area (Å²) in [5, 5.41) is 73.0. The van der Waals surface area contributed by atoms with E-state index in [2.05, 4.69) is 104 Å². The van der Waals surface area contributed by atoms with E-state index in [-0.39, 0.29) is 61.0 Å². The summed E-state index contributed by atoms with van der Waals surface area (Å²) in [7, 11) is 5.86. The minimum absolute atomic E-state index is 0. The fourth-order valence-corrected chi connectivity index (χ4v) is 38.6. The summed E-state index contributed by atoms with van der Waals surface area (Å²) in [6.07, 6.45) is 49.8. The molecule has 656 valence electrons. The molecule has 45 atom stereocenters. The van der Waals surface area contributed by atoms with Crippen molar-refractivity contribution in [3.63, 3.8) is 0 Å². The number of rotatable bonds is 3. The van der Waals surface area contributed by atoms with Crippen molar-refractivity contribution in [2.75, 3.05) is 21.3 Å². The maximum absolute atomic E-state index is 11.1. The maximum atomic E-state index is 11.1. The lowest BCUT2D eigenvalue weighted by molar-refractivity contribution is -0.184. The molecule has 0 bridgehead atoms. The average molecular weight is 1590 g/mol. The van der Waals surface area contributed by atoms with Gasteiger partial charge in [0.25, 0.3) is 0 Å². The Morgan fingerprint density at radius 2 is 0.404 bits per heavy atom. The summed E-state index contributed by atoms with van der Waals surface area (Å²) in [5.41, 5.74) is 3.99. The molecule has 0 aromatic rings. The second kappa shape index (κ2) is 32.5. The van der Waals surface area contributed by atoms with Crippen LogP contribution >= 0.6 is 0 Å². The van der Waals surface area contributed by atoms with Crippen molar-refractivity contribution >= 4 is 0 Å². The van der Waals surface area contributed by atoms with Crippen LogP contribution in [0.2, 0.25) is 0 Å². The molecule has 0 aromatic heterocycles. The van der Waals surface area contributed by atoms with E-state index in [0.717, 1.165) is 196 Å². The molecule has 20 aliphatic carbocycles. The van der Waals surface area contributed by atoms with Crippen LogP contribution < -0.4 is 0 Å². The number of hydrogen-bond acceptors (Lipinski definition) is 10. The lowest BCUT2D eigenvalue weighted by atomic mass is 9.44. The van der Waals surface area contributed by atoms with E-state index in [1.54, 1.807) is 0 Å². The van der Waals surface area contributed by atoms with Gasteiger partial charge in [-0.3, -0.25) is 0 Å². The van der Waals surface area contributed by atoms with Gasteiger partial charge in [0, 0.05) is 21.3 Å². The van der Waals surface area contributed by atoms with Crippen LogP contribution in [-0.4, -0.2) is 118 Å². The van der Waals surface area contributed by atoms with Crippen LogP contribution in [0.3, 0.4) is 0 Å². The van der Waals surface area contributed by atoms with Crippen LogP contribution in [0.5, 0.6) is 0 Å². The van der Waals surface area contributed by atoms with Crippen LogP contribution in [0.25, 0.3) is 0 Å². The Morgan fingerprint density at radius 1 is 0.219 bits per heavy atom. The van der Waals surface area contributed by atoms with Gasteiger partial charge in [0.2, 0.25) is 0 Å². The van der Waals surface area contributed by atoms with Gasteiger partial charge in [-0.15, -0.1) is 0 Å². The molecule has 0 unspecified atom stereocenters. The molecular weight excluding hydrogens is 1410 g/mol. The zero-order valence-electron chi connectivity index (χ0n) is 75.8. The number of fused-ring (bicyclic) bond motifs is 25. The van der Waals surface area contributed by atoms with Gasteiger partial charge in [-0.25, -0.2) is 0 Å². The molecule has 0 radical (unpaired) electrons. The van der Waals surface area contributed by atoms with E-state index in [1.165, 1.54) is 167 Å². The lowest BCUT2D eigenvalue weighted by Gasteiger charge is -2.63. The second-order valence-electron chi connectivity index (χ2n) is 49.4. The van der Waals surface area contributed by atoms with Crippen molar-refractivity contribution in [2.45, 2.75) is 429 Å². The Hall–Kier alpha value is -0.400. The van der Waals surface area contributed by atoms with Crippen molar-refractivity contribution in [1.29, 1.82) is 0 Å². The third-order valence-electron chi connectivity index (χ3n) is 46.0. The molecule has 20 fully saturated rings. The number of ether oxygens (including phenoxy) is 3. The Kier molecular flexibility index (Phi) is 25.2. The molecule has 7 N–H and O–H groups in total. The van der Waals surface area contributed by atoms with E-state index in [9.17, 15) is 35.7 Å². The highest BCUT2D eigenvalue weighted by Crippen LogP contribution is 2.75. The summed E-state index contributed by atoms with van der Waals surface area (Å²) in [6.45, 7) is 37.5. The van der Waals surface area contributed by atoms with Crippen molar-refractivity contribution in [1.82, 2.24) is 0 Å². The van der Waals surface area contributed by atoms with Gasteiger partial charge < -0.3 is 50.0 Å². The first kappa shape index (κ1) is 88.5. The highest BCUT2D eigenvalue weighted by molar-refractivity contribution is 5.18. The largest absolute Gasteiger partial charge is 0.393 e. The SMILES string of the molecule is C.CO[C@@H]1C[C@]2(C)[C@@H](C)CC[C@H]2[C@@H]2CC[C@H]3C[C@H](O)CC[C@]3(C)[C@H]21.CO[C@H]1C[C@]2(C)[C@@H](C)CC[C@H]2[C@@H]2CC[C@@H]3C[C@H](O)CC[C@]3(C)[C@H]21.CO[C@H]1C[C@]2(C)[C@@H](C)CC[C@H]2[C@@H]2CC[C@H]3C[C@H](O)CC[C@]3(C)[C@H]21.C[C@@H]1CC[C@H]2[C@@H]3CC[C@H]4C[C@H](O)CC[C@]4(C)[C@H]3[C@H](O)C[C@]12C.C[C@H]1CC[C@H]2[C@@H]3CC[C@H]4C[C@H](O)CC[C@]4(C)[C@H]3[C@H](O)C[C@]12C. The molecular formula is C104H180O10. The van der Waals surface area contributed by atoms with E-state index < -0.39 is 0 Å². The molecule has 0 amide bonds. The first-order chi connectivity index (χ1) is 53.4. The number of hydrogen-bond donors (Lipinski definition) is 7. The minimum Gasteiger partial charge on any atom is -0.393 e. The quantitative estimate of drug-likeness (QED) is 0.144. The van der Waals surface area contributed by atoms with Gasteiger partial charge in [-0.05, 0) is 459 Å². The number of aliphatic hydroxyl groups is 7. The minimum atomic E-state index is -0.116. The molecule has 0 aliphatic heterocycles. The van der Waals surface area contributed by atoms with Crippen LogP contribution in [0.15, 0.2) is 0 Å². The van der Waals surface area contributed by atoms with Gasteiger partial charge in [0.05, 0.1) is 61.0 Å². The van der Waals surface area contributed by atoms with Crippen molar-refractivity contribution in [2.24, 2.45) is 202 Å².